The van der Waals surface area contributed by atoms with Gasteiger partial charge in [0.2, 0.25) is 11.9 Å². The highest BCUT2D eigenvalue weighted by Crippen LogP contribution is 2.29. The molecule has 3 heterocycles. The molecule has 10 heteroatoms. The second-order valence-electron chi connectivity index (χ2n) is 10.3. The lowest BCUT2D eigenvalue weighted by Crippen LogP contribution is -2.36. The normalized spacial score (nSPS) is 16.3. The molecule has 0 aliphatic carbocycles. The van der Waals surface area contributed by atoms with Crippen LogP contribution in [0, 0.1) is 0 Å². The maximum Gasteiger partial charge on any atom is 0.296 e. The Hall–Kier alpha value is -4.02. The largest absolute Gasteiger partial charge is 0.368 e. The summed E-state index contributed by atoms with van der Waals surface area (Å²) in [6.45, 7) is 5.85. The number of anilines is 1. The first-order valence-electron chi connectivity index (χ1n) is 13.0. The van der Waals surface area contributed by atoms with Gasteiger partial charge in [0.15, 0.2) is 11.6 Å². The van der Waals surface area contributed by atoms with Gasteiger partial charge in [-0.2, -0.15) is 15.0 Å². The van der Waals surface area contributed by atoms with E-state index in [0.717, 1.165) is 6.54 Å². The summed E-state index contributed by atoms with van der Waals surface area (Å²) >= 11 is 0. The summed E-state index contributed by atoms with van der Waals surface area (Å²) in [6, 6.07) is 21.5. The molecule has 1 atom stereocenters. The molecule has 0 bridgehead atoms. The average Bonchev–Trinajstić information content (AvgIpc) is 3.33. The standard InChI is InChI=1S/C29H29F2N7O/c1-29(2,16-19-10-7-9-18-8-3-4-11-20(18)19)37-27-34-25(23-17-32-14-15-39-23)35-28(36-27)38-22-13-6-5-12-21(22)33-26(38)24(30)31/h3-13,23-24,32H,14-17H2,1-2H3,(H,34,35,36,37). The van der Waals surface area contributed by atoms with Gasteiger partial charge in [0.25, 0.3) is 6.43 Å². The number of fused-ring (bicyclic) bond motifs is 2. The Kier molecular flexibility index (Phi) is 6.66. The zero-order valence-corrected chi connectivity index (χ0v) is 21.7. The number of benzene rings is 3. The van der Waals surface area contributed by atoms with Crippen LogP contribution in [0.3, 0.4) is 0 Å². The number of rotatable bonds is 7. The molecule has 5 aromatic rings. The van der Waals surface area contributed by atoms with Crippen molar-refractivity contribution in [3.8, 4) is 5.95 Å². The molecular formula is C29H29F2N7O. The first-order chi connectivity index (χ1) is 18.9. The van der Waals surface area contributed by atoms with Crippen molar-refractivity contribution in [1.29, 1.82) is 0 Å². The second kappa shape index (κ2) is 10.3. The summed E-state index contributed by atoms with van der Waals surface area (Å²) in [6.07, 6.45) is -2.57. The maximum absolute atomic E-state index is 14.1. The van der Waals surface area contributed by atoms with Crippen molar-refractivity contribution in [2.24, 2.45) is 0 Å². The van der Waals surface area contributed by atoms with Gasteiger partial charge < -0.3 is 15.4 Å². The molecule has 0 radical (unpaired) electrons. The Labute approximate surface area is 224 Å². The van der Waals surface area contributed by atoms with Crippen LogP contribution in [0.25, 0.3) is 27.8 Å². The molecule has 6 rings (SSSR count). The van der Waals surface area contributed by atoms with Gasteiger partial charge in [0, 0.05) is 18.6 Å². The van der Waals surface area contributed by atoms with Gasteiger partial charge >= 0.3 is 0 Å². The third-order valence-electron chi connectivity index (χ3n) is 6.80. The van der Waals surface area contributed by atoms with E-state index in [2.05, 4.69) is 69.8 Å². The minimum Gasteiger partial charge on any atom is -0.368 e. The van der Waals surface area contributed by atoms with Gasteiger partial charge in [-0.1, -0.05) is 54.6 Å². The monoisotopic (exact) mass is 529 g/mol. The Balaban J connectivity index is 1.42. The minimum absolute atomic E-state index is 0.0710. The predicted octanol–water partition coefficient (Wildman–Crippen LogP) is 5.40. The number of aromatic nitrogens is 5. The van der Waals surface area contributed by atoms with E-state index in [1.807, 2.05) is 12.1 Å². The molecule has 2 aromatic heterocycles. The van der Waals surface area contributed by atoms with Gasteiger partial charge in [-0.15, -0.1) is 0 Å². The molecule has 1 aliphatic heterocycles. The van der Waals surface area contributed by atoms with Crippen molar-refractivity contribution < 1.29 is 13.5 Å². The molecule has 0 spiro atoms. The van der Waals surface area contributed by atoms with Crippen LogP contribution in [0.4, 0.5) is 14.7 Å². The number of ether oxygens (including phenoxy) is 1. The van der Waals surface area contributed by atoms with Crippen LogP contribution < -0.4 is 10.6 Å². The number of morpholine rings is 1. The second-order valence-corrected chi connectivity index (χ2v) is 10.3. The molecule has 3 aromatic carbocycles. The number of hydrogen-bond donors (Lipinski definition) is 2. The number of nitrogens with zero attached hydrogens (tertiary/aromatic N) is 5. The van der Waals surface area contributed by atoms with Crippen molar-refractivity contribution in [3.63, 3.8) is 0 Å². The lowest BCUT2D eigenvalue weighted by Gasteiger charge is -2.28. The SMILES string of the molecule is CC(C)(Cc1cccc2ccccc12)Nc1nc(C2CNCCO2)nc(-n2c(C(F)F)nc3ccccc32)n1. The summed E-state index contributed by atoms with van der Waals surface area (Å²) in [7, 11) is 0. The van der Waals surface area contributed by atoms with E-state index in [9.17, 15) is 8.78 Å². The fourth-order valence-electron chi connectivity index (χ4n) is 5.08. The van der Waals surface area contributed by atoms with E-state index in [1.54, 1.807) is 24.3 Å². The Morgan fingerprint density at radius 3 is 2.62 bits per heavy atom. The van der Waals surface area contributed by atoms with E-state index in [0.29, 0.717) is 36.4 Å². The molecule has 200 valence electrons. The van der Waals surface area contributed by atoms with E-state index in [1.165, 1.54) is 20.9 Å². The van der Waals surface area contributed by atoms with Crippen LogP contribution in [-0.2, 0) is 11.2 Å². The molecule has 1 fully saturated rings. The lowest BCUT2D eigenvalue weighted by molar-refractivity contribution is 0.0220. The van der Waals surface area contributed by atoms with Crippen LogP contribution in [0.1, 0.15) is 43.6 Å². The number of imidazole rings is 1. The van der Waals surface area contributed by atoms with E-state index in [-0.39, 0.29) is 11.9 Å². The number of para-hydroxylation sites is 2. The Morgan fingerprint density at radius 2 is 1.79 bits per heavy atom. The highest BCUT2D eigenvalue weighted by Gasteiger charge is 2.27. The van der Waals surface area contributed by atoms with Crippen molar-refractivity contribution in [3.05, 3.63) is 83.9 Å². The van der Waals surface area contributed by atoms with Gasteiger partial charge in [-0.25, -0.2) is 13.8 Å². The van der Waals surface area contributed by atoms with Crippen LogP contribution in [0.2, 0.25) is 0 Å². The summed E-state index contributed by atoms with van der Waals surface area (Å²) in [5, 5.41) is 9.08. The van der Waals surface area contributed by atoms with E-state index >= 15 is 0 Å². The number of hydrogen-bond acceptors (Lipinski definition) is 7. The topological polar surface area (TPSA) is 89.8 Å². The van der Waals surface area contributed by atoms with Gasteiger partial charge in [-0.3, -0.25) is 4.57 Å². The average molecular weight is 530 g/mol. The molecule has 1 unspecified atom stereocenters. The fourth-order valence-corrected chi connectivity index (χ4v) is 5.08. The molecule has 0 amide bonds. The van der Waals surface area contributed by atoms with Crippen LogP contribution in [0.5, 0.6) is 0 Å². The highest BCUT2D eigenvalue weighted by molar-refractivity contribution is 5.85. The molecule has 1 aliphatic rings. The summed E-state index contributed by atoms with van der Waals surface area (Å²) in [5.74, 6) is 0.305. The predicted molar refractivity (Wildman–Crippen MR) is 146 cm³/mol. The molecule has 2 N–H and O–H groups in total. The number of nitrogens with one attached hydrogen (secondary N) is 2. The molecule has 39 heavy (non-hydrogen) atoms. The Morgan fingerprint density at radius 1 is 1.00 bits per heavy atom. The highest BCUT2D eigenvalue weighted by atomic mass is 19.3. The minimum atomic E-state index is -2.82. The zero-order valence-electron chi connectivity index (χ0n) is 21.7. The van der Waals surface area contributed by atoms with Gasteiger partial charge in [0.1, 0.15) is 6.10 Å². The zero-order chi connectivity index (χ0) is 27.0. The van der Waals surface area contributed by atoms with E-state index < -0.39 is 23.9 Å². The van der Waals surface area contributed by atoms with Crippen molar-refractivity contribution in [2.75, 3.05) is 25.0 Å². The third-order valence-corrected chi connectivity index (χ3v) is 6.80. The maximum atomic E-state index is 14.1. The fraction of sp³-hybridized carbons (Fsp3) is 0.310. The summed E-state index contributed by atoms with van der Waals surface area (Å²) in [4.78, 5) is 18.1. The molecular weight excluding hydrogens is 500 g/mol. The van der Waals surface area contributed by atoms with Crippen LogP contribution in [-0.4, -0.2) is 49.7 Å². The summed E-state index contributed by atoms with van der Waals surface area (Å²) in [5.41, 5.74) is 1.64. The Bertz CT molecular complexity index is 1620. The van der Waals surface area contributed by atoms with Crippen molar-refractivity contribution >= 4 is 27.8 Å². The van der Waals surface area contributed by atoms with Crippen molar-refractivity contribution in [2.45, 2.75) is 38.3 Å². The third kappa shape index (κ3) is 5.17. The van der Waals surface area contributed by atoms with Gasteiger partial charge in [-0.05, 0) is 48.7 Å². The van der Waals surface area contributed by atoms with Gasteiger partial charge in [0.05, 0.1) is 17.6 Å². The summed E-state index contributed by atoms with van der Waals surface area (Å²) < 4.78 is 35.5. The molecule has 8 nitrogen and oxygen atoms in total. The quantitative estimate of drug-likeness (QED) is 0.292. The first-order valence-corrected chi connectivity index (χ1v) is 13.0. The lowest BCUT2D eigenvalue weighted by atomic mass is 9.91. The van der Waals surface area contributed by atoms with E-state index in [4.69, 9.17) is 9.72 Å². The first kappa shape index (κ1) is 25.3. The van der Waals surface area contributed by atoms with Crippen LogP contribution >= 0.6 is 0 Å². The number of alkyl halides is 2. The number of halogens is 2. The molecule has 1 saturated heterocycles. The van der Waals surface area contributed by atoms with Crippen molar-refractivity contribution in [1.82, 2.24) is 29.8 Å². The van der Waals surface area contributed by atoms with Crippen LogP contribution in [0.15, 0.2) is 66.7 Å². The smallest absolute Gasteiger partial charge is 0.296 e. The molecule has 0 saturated carbocycles.